The average molecular weight is 470 g/mol. The standard InChI is InChI=1S/C17H12N.C9H13.2ClH.Ti/c1-2-7-15-12-16(11-14(15)6-1)18-10-9-13-5-3-4-8-17(13)18;1-6-5-7(2)9(4)8(6)3;;;/h1-12H;6H,1-4H3;2*1H;/q2*-1;;;+2/p-2. The third kappa shape index (κ3) is 5.15. The van der Waals surface area contributed by atoms with Crippen molar-refractivity contribution in [2.45, 2.75) is 27.7 Å². The van der Waals surface area contributed by atoms with Crippen LogP contribution in [-0.4, -0.2) is 4.57 Å². The van der Waals surface area contributed by atoms with Crippen LogP contribution in [-0.2, 0) is 17.0 Å². The van der Waals surface area contributed by atoms with Crippen molar-refractivity contribution in [3.05, 3.63) is 95.7 Å². The van der Waals surface area contributed by atoms with Crippen molar-refractivity contribution in [1.29, 1.82) is 0 Å². The van der Waals surface area contributed by atoms with Gasteiger partial charge in [-0.2, -0.15) is 11.1 Å². The fourth-order valence-electron chi connectivity index (χ4n) is 3.74. The summed E-state index contributed by atoms with van der Waals surface area (Å²) in [6, 6.07) is 23.6. The second-order valence-corrected chi connectivity index (χ2v) is 10.0. The number of fused-ring (bicyclic) bond motifs is 2. The molecule has 5 rings (SSSR count). The molecule has 1 unspecified atom stereocenters. The van der Waals surface area contributed by atoms with Crippen LogP contribution in [0.2, 0.25) is 0 Å². The van der Waals surface area contributed by atoms with Crippen molar-refractivity contribution in [2.75, 3.05) is 0 Å². The molecular weight excluding hydrogens is 445 g/mol. The zero-order chi connectivity index (χ0) is 21.7. The Labute approximate surface area is 196 Å². The first-order valence-corrected chi connectivity index (χ1v) is 14.2. The minimum Gasteiger partial charge on any atom is -0.335 e. The Morgan fingerprint density at radius 3 is 2.13 bits per heavy atom. The number of benzene rings is 2. The van der Waals surface area contributed by atoms with E-state index in [1.54, 1.807) is 0 Å². The maximum Gasteiger partial charge on any atom is 0.0511 e. The van der Waals surface area contributed by atoms with E-state index < -0.39 is 17.0 Å². The van der Waals surface area contributed by atoms with Gasteiger partial charge in [0.05, 0.1) is 5.52 Å². The van der Waals surface area contributed by atoms with Gasteiger partial charge in [0, 0.05) is 6.20 Å². The molecular formula is C26H25Cl2NTi-2. The number of rotatable bonds is 1. The SMILES string of the molecule is CC1=[C-]C(C)C(C)=C1C.[Cl][Ti][Cl].c1ccc2[cH-]c(-n3ccc4ccccc43)cc2c1. The van der Waals surface area contributed by atoms with E-state index in [1.807, 2.05) is 0 Å². The summed E-state index contributed by atoms with van der Waals surface area (Å²) < 4.78 is 2.25. The molecule has 1 aromatic heterocycles. The minimum atomic E-state index is -0.556. The van der Waals surface area contributed by atoms with Gasteiger partial charge in [0.1, 0.15) is 0 Å². The smallest absolute Gasteiger partial charge is 0.0511 e. The van der Waals surface area contributed by atoms with Crippen molar-refractivity contribution in [2.24, 2.45) is 5.92 Å². The molecule has 4 aromatic rings. The summed E-state index contributed by atoms with van der Waals surface area (Å²) in [4.78, 5) is 0. The van der Waals surface area contributed by atoms with Gasteiger partial charge in [-0.3, -0.25) is 6.08 Å². The molecule has 3 aromatic carbocycles. The number of halogens is 2. The molecule has 30 heavy (non-hydrogen) atoms. The maximum atomic E-state index is 4.89. The number of para-hydroxylation sites is 1. The largest absolute Gasteiger partial charge is 0.335 e. The number of allylic oxidation sites excluding steroid dienone is 4. The van der Waals surface area contributed by atoms with Gasteiger partial charge in [-0.1, -0.05) is 51.0 Å². The summed E-state index contributed by atoms with van der Waals surface area (Å²) in [7, 11) is 9.78. The quantitative estimate of drug-likeness (QED) is 0.194. The summed E-state index contributed by atoms with van der Waals surface area (Å²) in [6.45, 7) is 8.67. The van der Waals surface area contributed by atoms with Crippen molar-refractivity contribution in [3.8, 4) is 5.69 Å². The molecule has 0 saturated carbocycles. The second kappa shape index (κ2) is 10.6. The fraction of sp³-hybridized carbons (Fsp3) is 0.192. The number of hydrogen-bond donors (Lipinski definition) is 0. The van der Waals surface area contributed by atoms with E-state index in [4.69, 9.17) is 18.6 Å². The molecule has 1 nitrogen and oxygen atoms in total. The third-order valence-corrected chi connectivity index (χ3v) is 5.72. The molecule has 1 heterocycles. The van der Waals surface area contributed by atoms with Gasteiger partial charge in [0.25, 0.3) is 0 Å². The summed E-state index contributed by atoms with van der Waals surface area (Å²) in [5.74, 6) is 0.560. The van der Waals surface area contributed by atoms with Crippen molar-refractivity contribution >= 4 is 40.3 Å². The van der Waals surface area contributed by atoms with Crippen LogP contribution in [0.5, 0.6) is 0 Å². The van der Waals surface area contributed by atoms with Crippen molar-refractivity contribution in [3.63, 3.8) is 0 Å². The number of hydrogen-bond acceptors (Lipinski definition) is 0. The second-order valence-electron chi connectivity index (χ2n) is 7.46. The predicted octanol–water partition coefficient (Wildman–Crippen LogP) is 8.60. The van der Waals surface area contributed by atoms with E-state index in [1.165, 1.54) is 44.1 Å². The molecule has 0 radical (unpaired) electrons. The van der Waals surface area contributed by atoms with Crippen molar-refractivity contribution < 1.29 is 17.0 Å². The molecule has 0 spiro atoms. The van der Waals surface area contributed by atoms with Gasteiger partial charge < -0.3 is 4.57 Å². The Hall–Kier alpha value is -1.64. The zero-order valence-corrected chi connectivity index (χ0v) is 20.8. The van der Waals surface area contributed by atoms with E-state index in [9.17, 15) is 0 Å². The fourth-order valence-corrected chi connectivity index (χ4v) is 3.74. The number of aromatic nitrogens is 1. The Morgan fingerprint density at radius 1 is 0.933 bits per heavy atom. The van der Waals surface area contributed by atoms with Crippen LogP contribution in [0.15, 0.2) is 89.6 Å². The van der Waals surface area contributed by atoms with Crippen LogP contribution in [0.3, 0.4) is 0 Å². The van der Waals surface area contributed by atoms with E-state index in [2.05, 4.69) is 111 Å². The molecule has 1 atom stereocenters. The monoisotopic (exact) mass is 469 g/mol. The Morgan fingerprint density at radius 2 is 1.57 bits per heavy atom. The summed E-state index contributed by atoms with van der Waals surface area (Å²) in [6.07, 6.45) is 5.50. The van der Waals surface area contributed by atoms with E-state index in [0.29, 0.717) is 5.92 Å². The van der Waals surface area contributed by atoms with Gasteiger partial charge in [-0.05, 0) is 23.2 Å². The summed E-state index contributed by atoms with van der Waals surface area (Å²) in [5, 5.41) is 3.87. The molecule has 0 fully saturated rings. The van der Waals surface area contributed by atoms with Gasteiger partial charge in [0.15, 0.2) is 0 Å². The molecule has 1 aliphatic carbocycles. The summed E-state index contributed by atoms with van der Waals surface area (Å²) >= 11 is -0.556. The number of nitrogens with zero attached hydrogens (tertiary/aromatic N) is 1. The molecule has 4 heteroatoms. The van der Waals surface area contributed by atoms with Gasteiger partial charge >= 0.3 is 35.6 Å². The van der Waals surface area contributed by atoms with Crippen LogP contribution in [0.1, 0.15) is 27.7 Å². The normalized spacial score (nSPS) is 15.4. The third-order valence-electron chi connectivity index (χ3n) is 5.72. The van der Waals surface area contributed by atoms with Crippen molar-refractivity contribution in [1.82, 2.24) is 4.57 Å². The first-order chi connectivity index (χ1) is 14.5. The Kier molecular flexibility index (Phi) is 8.14. The molecule has 154 valence electrons. The minimum absolute atomic E-state index is 0.556. The maximum absolute atomic E-state index is 4.89. The van der Waals surface area contributed by atoms with Crippen LogP contribution < -0.4 is 0 Å². The van der Waals surface area contributed by atoms with Crippen LogP contribution in [0, 0.1) is 12.0 Å². The first kappa shape index (κ1) is 23.0. The molecule has 0 aliphatic heterocycles. The summed E-state index contributed by atoms with van der Waals surface area (Å²) in [5.41, 5.74) is 6.74. The topological polar surface area (TPSA) is 4.93 Å². The van der Waals surface area contributed by atoms with Gasteiger partial charge in [0.2, 0.25) is 0 Å². The van der Waals surface area contributed by atoms with Gasteiger partial charge in [-0.15, -0.1) is 48.0 Å². The molecule has 0 N–H and O–H groups in total. The Balaban J connectivity index is 0.000000180. The molecule has 1 aliphatic rings. The average Bonchev–Trinajstić information content (AvgIpc) is 3.42. The molecule has 0 saturated heterocycles. The van der Waals surface area contributed by atoms with Crippen LogP contribution in [0.4, 0.5) is 0 Å². The molecule has 0 amide bonds. The zero-order valence-electron chi connectivity index (χ0n) is 17.7. The van der Waals surface area contributed by atoms with E-state index in [-0.39, 0.29) is 0 Å². The van der Waals surface area contributed by atoms with E-state index >= 15 is 0 Å². The van der Waals surface area contributed by atoms with Crippen LogP contribution >= 0.6 is 18.6 Å². The Bertz CT molecular complexity index is 1160. The molecule has 0 bridgehead atoms. The van der Waals surface area contributed by atoms with Crippen LogP contribution in [0.25, 0.3) is 27.4 Å². The predicted molar refractivity (Wildman–Crippen MR) is 128 cm³/mol. The first-order valence-electron chi connectivity index (χ1n) is 9.92. The van der Waals surface area contributed by atoms with Gasteiger partial charge in [-0.25, -0.2) is 5.57 Å². The van der Waals surface area contributed by atoms with E-state index in [0.717, 1.165) is 0 Å².